The van der Waals surface area contributed by atoms with Gasteiger partial charge in [-0.3, -0.25) is 0 Å². The summed E-state index contributed by atoms with van der Waals surface area (Å²) in [5, 5.41) is 0.375. The maximum Gasteiger partial charge on any atom is 0.0701 e. The summed E-state index contributed by atoms with van der Waals surface area (Å²) in [6.07, 6.45) is 4.51. The van der Waals surface area contributed by atoms with Crippen LogP contribution in [-0.4, -0.2) is 69.6 Å². The van der Waals surface area contributed by atoms with Gasteiger partial charge in [-0.05, 0) is 32.4 Å². The fraction of sp³-hybridized carbons (Fsp3) is 1.00. The summed E-state index contributed by atoms with van der Waals surface area (Å²) < 4.78 is 16.4. The zero-order valence-corrected chi connectivity index (χ0v) is 13.6. The molecular formula is C15H30ClNO3. The molecule has 0 atom stereocenters. The van der Waals surface area contributed by atoms with Gasteiger partial charge < -0.3 is 19.1 Å². The van der Waals surface area contributed by atoms with Crippen molar-refractivity contribution in [1.82, 2.24) is 4.90 Å². The summed E-state index contributed by atoms with van der Waals surface area (Å²) >= 11 is 6.07. The highest BCUT2D eigenvalue weighted by molar-refractivity contribution is 6.20. The Labute approximate surface area is 128 Å². The first-order valence-corrected chi connectivity index (χ1v) is 8.36. The molecule has 0 aromatic carbocycles. The van der Waals surface area contributed by atoms with Crippen molar-refractivity contribution in [2.45, 2.75) is 38.0 Å². The summed E-state index contributed by atoms with van der Waals surface area (Å²) in [5.41, 5.74) is 0. The molecule has 4 nitrogen and oxygen atoms in total. The van der Waals surface area contributed by atoms with Crippen molar-refractivity contribution < 1.29 is 14.2 Å². The van der Waals surface area contributed by atoms with Gasteiger partial charge in [0.25, 0.3) is 0 Å². The van der Waals surface area contributed by atoms with E-state index >= 15 is 0 Å². The van der Waals surface area contributed by atoms with Gasteiger partial charge in [-0.1, -0.05) is 13.3 Å². The molecule has 0 amide bonds. The number of hydrogen-bond donors (Lipinski definition) is 0. The molecule has 0 N–H and O–H groups in total. The molecule has 1 fully saturated rings. The average Bonchev–Trinajstić information content (AvgIpc) is 2.47. The number of rotatable bonds is 12. The van der Waals surface area contributed by atoms with Crippen LogP contribution in [0.25, 0.3) is 0 Å². The van der Waals surface area contributed by atoms with E-state index in [9.17, 15) is 0 Å². The van der Waals surface area contributed by atoms with E-state index in [0.717, 1.165) is 52.1 Å². The predicted octanol–water partition coefficient (Wildman–Crippen LogP) is 2.54. The van der Waals surface area contributed by atoms with Crippen molar-refractivity contribution in [3.8, 4) is 0 Å². The van der Waals surface area contributed by atoms with E-state index in [4.69, 9.17) is 25.8 Å². The third-order valence-corrected chi connectivity index (χ3v) is 3.89. The molecule has 0 bridgehead atoms. The normalized spacial score (nSPS) is 17.7. The smallest absolute Gasteiger partial charge is 0.0701 e. The Morgan fingerprint density at radius 3 is 2.05 bits per heavy atom. The summed E-state index contributed by atoms with van der Waals surface area (Å²) in [7, 11) is 0. The third kappa shape index (κ3) is 9.94. The molecule has 0 aromatic rings. The molecule has 0 aromatic heterocycles. The molecule has 1 saturated heterocycles. The van der Waals surface area contributed by atoms with Crippen molar-refractivity contribution in [2.75, 3.05) is 59.3 Å². The van der Waals surface area contributed by atoms with Crippen LogP contribution in [0.1, 0.15) is 32.6 Å². The van der Waals surface area contributed by atoms with Gasteiger partial charge in [-0.2, -0.15) is 0 Å². The Morgan fingerprint density at radius 2 is 1.45 bits per heavy atom. The molecule has 1 rings (SSSR count). The average molecular weight is 308 g/mol. The molecular weight excluding hydrogens is 278 g/mol. The summed E-state index contributed by atoms with van der Waals surface area (Å²) in [4.78, 5) is 2.42. The van der Waals surface area contributed by atoms with Crippen LogP contribution >= 0.6 is 11.6 Å². The topological polar surface area (TPSA) is 30.9 Å². The van der Waals surface area contributed by atoms with E-state index in [2.05, 4.69) is 11.8 Å². The molecule has 0 aliphatic carbocycles. The zero-order chi connectivity index (χ0) is 14.5. The lowest BCUT2D eigenvalue weighted by Gasteiger charge is -2.28. The molecule has 1 aliphatic rings. The number of piperidine rings is 1. The Kier molecular flexibility index (Phi) is 11.7. The minimum absolute atomic E-state index is 0.375. The lowest BCUT2D eigenvalue weighted by atomic mass is 10.1. The Balaban J connectivity index is 1.74. The van der Waals surface area contributed by atoms with Crippen LogP contribution in [0.5, 0.6) is 0 Å². The molecule has 1 heterocycles. The molecule has 1 aliphatic heterocycles. The van der Waals surface area contributed by atoms with Gasteiger partial charge in [0, 0.05) is 18.5 Å². The highest BCUT2D eigenvalue weighted by atomic mass is 35.5. The maximum absolute atomic E-state index is 6.07. The number of unbranched alkanes of at least 4 members (excludes halogenated alkanes) is 1. The highest BCUT2D eigenvalue weighted by Crippen LogP contribution is 2.14. The van der Waals surface area contributed by atoms with Gasteiger partial charge in [0.2, 0.25) is 0 Å². The molecule has 20 heavy (non-hydrogen) atoms. The van der Waals surface area contributed by atoms with E-state index in [1.54, 1.807) is 0 Å². The minimum Gasteiger partial charge on any atom is -0.379 e. The van der Waals surface area contributed by atoms with Gasteiger partial charge in [-0.15, -0.1) is 11.6 Å². The quantitative estimate of drug-likeness (QED) is 0.409. The van der Waals surface area contributed by atoms with Gasteiger partial charge in [0.05, 0.1) is 33.0 Å². The second-order valence-corrected chi connectivity index (χ2v) is 5.82. The second kappa shape index (κ2) is 12.8. The number of alkyl halides is 1. The second-order valence-electron chi connectivity index (χ2n) is 5.21. The first kappa shape index (κ1) is 18.2. The van der Waals surface area contributed by atoms with Crippen LogP contribution in [-0.2, 0) is 14.2 Å². The molecule has 0 radical (unpaired) electrons. The number of nitrogens with zero attached hydrogens (tertiary/aromatic N) is 1. The van der Waals surface area contributed by atoms with Crippen molar-refractivity contribution >= 4 is 11.6 Å². The molecule has 5 heteroatoms. The summed E-state index contributed by atoms with van der Waals surface area (Å²) in [6, 6.07) is 0. The third-order valence-electron chi connectivity index (χ3n) is 3.46. The summed E-state index contributed by atoms with van der Waals surface area (Å²) in [6.45, 7) is 9.66. The fourth-order valence-corrected chi connectivity index (χ4v) is 2.30. The van der Waals surface area contributed by atoms with Crippen LogP contribution in [0.2, 0.25) is 0 Å². The minimum atomic E-state index is 0.375. The zero-order valence-electron chi connectivity index (χ0n) is 12.8. The predicted molar refractivity (Wildman–Crippen MR) is 82.7 cm³/mol. The van der Waals surface area contributed by atoms with Crippen LogP contribution in [0, 0.1) is 0 Å². The van der Waals surface area contributed by atoms with Crippen LogP contribution in [0.15, 0.2) is 0 Å². The standard InChI is InChI=1S/C15H30ClNO3/c1-2-3-9-18-11-13-20-14-12-19-10-8-17-6-4-15(16)5-7-17/h15H,2-14H2,1H3. The Hall–Kier alpha value is 0.130. The SMILES string of the molecule is CCCCOCCOCCOCCN1CCC(Cl)CC1. The van der Waals surface area contributed by atoms with Crippen LogP contribution < -0.4 is 0 Å². The van der Waals surface area contributed by atoms with E-state index in [1.165, 1.54) is 6.42 Å². The Bertz CT molecular complexity index is 211. The lowest BCUT2D eigenvalue weighted by Crippen LogP contribution is -2.36. The van der Waals surface area contributed by atoms with Crippen molar-refractivity contribution in [3.05, 3.63) is 0 Å². The molecule has 0 saturated carbocycles. The first-order valence-electron chi connectivity index (χ1n) is 7.92. The maximum atomic E-state index is 6.07. The van der Waals surface area contributed by atoms with E-state index in [-0.39, 0.29) is 0 Å². The van der Waals surface area contributed by atoms with Gasteiger partial charge in [-0.25, -0.2) is 0 Å². The number of halogens is 1. The highest BCUT2D eigenvalue weighted by Gasteiger charge is 2.16. The lowest BCUT2D eigenvalue weighted by molar-refractivity contribution is 0.00943. The number of ether oxygens (including phenoxy) is 3. The largest absolute Gasteiger partial charge is 0.379 e. The molecule has 0 spiro atoms. The monoisotopic (exact) mass is 307 g/mol. The Morgan fingerprint density at radius 1 is 0.900 bits per heavy atom. The first-order chi connectivity index (χ1) is 9.83. The fourth-order valence-electron chi connectivity index (χ4n) is 2.11. The van der Waals surface area contributed by atoms with Gasteiger partial charge >= 0.3 is 0 Å². The van der Waals surface area contributed by atoms with Crippen LogP contribution in [0.3, 0.4) is 0 Å². The van der Waals surface area contributed by atoms with Crippen molar-refractivity contribution in [2.24, 2.45) is 0 Å². The summed E-state index contributed by atoms with van der Waals surface area (Å²) in [5.74, 6) is 0. The van der Waals surface area contributed by atoms with Crippen molar-refractivity contribution in [1.29, 1.82) is 0 Å². The van der Waals surface area contributed by atoms with E-state index in [0.29, 0.717) is 31.8 Å². The number of hydrogen-bond acceptors (Lipinski definition) is 4. The van der Waals surface area contributed by atoms with E-state index in [1.807, 2.05) is 0 Å². The van der Waals surface area contributed by atoms with Crippen LogP contribution in [0.4, 0.5) is 0 Å². The molecule has 120 valence electrons. The van der Waals surface area contributed by atoms with E-state index < -0.39 is 0 Å². The van der Waals surface area contributed by atoms with Crippen molar-refractivity contribution in [3.63, 3.8) is 0 Å². The number of likely N-dealkylation sites (tertiary alicyclic amines) is 1. The molecule has 0 unspecified atom stereocenters. The van der Waals surface area contributed by atoms with Gasteiger partial charge in [0.15, 0.2) is 0 Å². The van der Waals surface area contributed by atoms with Gasteiger partial charge in [0.1, 0.15) is 0 Å².